The van der Waals surface area contributed by atoms with Gasteiger partial charge in [0.2, 0.25) is 0 Å². The first kappa shape index (κ1) is 13.0. The molecule has 0 heterocycles. The van der Waals surface area contributed by atoms with Crippen LogP contribution in [0.25, 0.3) is 0 Å². The van der Waals surface area contributed by atoms with Gasteiger partial charge < -0.3 is 4.74 Å². The van der Waals surface area contributed by atoms with Crippen LogP contribution in [0.5, 0.6) is 5.75 Å². The summed E-state index contributed by atoms with van der Waals surface area (Å²) in [5.74, 6) is 0.797. The predicted molar refractivity (Wildman–Crippen MR) is 78.1 cm³/mol. The molecule has 2 rings (SSSR count). The molecule has 0 aliphatic carbocycles. The van der Waals surface area contributed by atoms with Crippen LogP contribution in [0, 0.1) is 0 Å². The molecule has 0 fully saturated rings. The predicted octanol–water partition coefficient (Wildman–Crippen LogP) is 4.69. The van der Waals surface area contributed by atoms with E-state index in [9.17, 15) is 0 Å². The van der Waals surface area contributed by atoms with E-state index in [1.54, 1.807) is 7.11 Å². The summed E-state index contributed by atoms with van der Waals surface area (Å²) >= 11 is 8.52. The number of azo groups is 1. The van der Waals surface area contributed by atoms with Crippen LogP contribution in [0.3, 0.4) is 0 Å². The Morgan fingerprint density at radius 1 is 0.833 bits per heavy atom. The van der Waals surface area contributed by atoms with Gasteiger partial charge in [-0.25, -0.2) is 0 Å². The van der Waals surface area contributed by atoms with Gasteiger partial charge in [0.05, 0.1) is 18.5 Å². The number of benzene rings is 2. The van der Waals surface area contributed by atoms with Gasteiger partial charge >= 0.3 is 0 Å². The molecule has 0 aliphatic rings. The van der Waals surface area contributed by atoms with Crippen LogP contribution in [0.1, 0.15) is 0 Å². The van der Waals surface area contributed by atoms with E-state index in [0.717, 1.165) is 26.9 Å². The second-order valence-electron chi connectivity index (χ2n) is 3.57. The third-order valence-electron chi connectivity index (χ3n) is 2.31. The Hall–Kier alpha value is -1.46. The largest absolute Gasteiger partial charge is 0.497 e. The second kappa shape index (κ2) is 5.93. The van der Waals surface area contributed by atoms with Crippen LogP contribution < -0.4 is 4.74 Å². The van der Waals surface area contributed by atoms with Crippen molar-refractivity contribution in [1.82, 2.24) is 0 Å². The van der Waals surface area contributed by atoms with Gasteiger partial charge in [-0.05, 0) is 42.5 Å². The first-order valence-corrected chi connectivity index (χ1v) is 6.16. The molecular weight excluding hydrogens is 264 g/mol. The maximum absolute atomic E-state index is 5.07. The summed E-state index contributed by atoms with van der Waals surface area (Å²) in [7, 11) is 1.63. The maximum Gasteiger partial charge on any atom is 0.119 e. The van der Waals surface area contributed by atoms with Gasteiger partial charge in [0.25, 0.3) is 0 Å². The molecule has 2 aromatic rings. The zero-order valence-electron chi connectivity index (χ0n) is 9.74. The lowest BCUT2D eigenvalue weighted by atomic mass is 10.3. The molecule has 0 saturated heterocycles. The molecular formula is C13H12N2OS2. The molecule has 5 heteroatoms. The van der Waals surface area contributed by atoms with Crippen molar-refractivity contribution in [2.75, 3.05) is 7.11 Å². The van der Waals surface area contributed by atoms with Gasteiger partial charge in [-0.2, -0.15) is 10.2 Å². The molecule has 0 aromatic heterocycles. The first-order chi connectivity index (χ1) is 8.69. The highest BCUT2D eigenvalue weighted by molar-refractivity contribution is 7.83. The molecule has 92 valence electrons. The van der Waals surface area contributed by atoms with E-state index in [2.05, 4.69) is 35.5 Å². The first-order valence-electron chi connectivity index (χ1n) is 5.27. The highest BCUT2D eigenvalue weighted by Crippen LogP contribution is 2.26. The number of nitrogens with zero attached hydrogens (tertiary/aromatic N) is 2. The molecule has 0 unspecified atom stereocenters. The fourth-order valence-corrected chi connectivity index (χ4v) is 1.68. The smallest absolute Gasteiger partial charge is 0.119 e. The zero-order valence-corrected chi connectivity index (χ0v) is 11.5. The molecule has 0 N–H and O–H groups in total. The number of rotatable bonds is 3. The normalized spacial score (nSPS) is 10.8. The number of methoxy groups -OCH3 is 1. The third-order valence-corrected chi connectivity index (χ3v) is 3.25. The van der Waals surface area contributed by atoms with E-state index in [4.69, 9.17) is 4.74 Å². The standard InChI is InChI=1S/C13H12N2OS2/c1-16-11-5-2-9(3-6-11)14-15-10-4-7-12(17)13(18)8-10/h2-8,17-18H,1H3. The number of hydrogen-bond acceptors (Lipinski definition) is 5. The lowest BCUT2D eigenvalue weighted by molar-refractivity contribution is 0.415. The van der Waals surface area contributed by atoms with E-state index < -0.39 is 0 Å². The van der Waals surface area contributed by atoms with Crippen LogP contribution >= 0.6 is 25.3 Å². The zero-order chi connectivity index (χ0) is 13.0. The number of thiol groups is 2. The molecule has 0 radical (unpaired) electrons. The van der Waals surface area contributed by atoms with Crippen molar-refractivity contribution in [2.24, 2.45) is 10.2 Å². The van der Waals surface area contributed by atoms with E-state index in [0.29, 0.717) is 0 Å². The highest BCUT2D eigenvalue weighted by atomic mass is 32.1. The highest BCUT2D eigenvalue weighted by Gasteiger charge is 1.96. The second-order valence-corrected chi connectivity index (χ2v) is 4.53. The lowest BCUT2D eigenvalue weighted by Gasteiger charge is -1.99. The summed E-state index contributed by atoms with van der Waals surface area (Å²) in [6, 6.07) is 12.9. The Balaban J connectivity index is 2.16. The van der Waals surface area contributed by atoms with Crippen LogP contribution in [0.15, 0.2) is 62.5 Å². The summed E-state index contributed by atoms with van der Waals surface area (Å²) in [4.78, 5) is 1.60. The topological polar surface area (TPSA) is 34.0 Å². The Kier molecular flexibility index (Phi) is 4.28. The minimum Gasteiger partial charge on any atom is -0.497 e. The Morgan fingerprint density at radius 2 is 1.44 bits per heavy atom. The number of hydrogen-bond donors (Lipinski definition) is 2. The summed E-state index contributed by atoms with van der Waals surface area (Å²) in [5, 5.41) is 8.27. The quantitative estimate of drug-likeness (QED) is 0.619. The molecule has 18 heavy (non-hydrogen) atoms. The van der Waals surface area contributed by atoms with Crippen molar-refractivity contribution in [3.63, 3.8) is 0 Å². The molecule has 0 amide bonds. The van der Waals surface area contributed by atoms with Crippen molar-refractivity contribution in [2.45, 2.75) is 9.79 Å². The van der Waals surface area contributed by atoms with Gasteiger partial charge in [0.1, 0.15) is 5.75 Å². The van der Waals surface area contributed by atoms with Crippen molar-refractivity contribution >= 4 is 36.6 Å². The van der Waals surface area contributed by atoms with Crippen LogP contribution in [-0.4, -0.2) is 7.11 Å². The van der Waals surface area contributed by atoms with Crippen molar-refractivity contribution in [3.8, 4) is 5.75 Å². The Morgan fingerprint density at radius 3 is 2.06 bits per heavy atom. The van der Waals surface area contributed by atoms with Crippen LogP contribution in [-0.2, 0) is 0 Å². The van der Waals surface area contributed by atoms with E-state index in [1.807, 2.05) is 42.5 Å². The molecule has 0 bridgehead atoms. The minimum atomic E-state index is 0.744. The van der Waals surface area contributed by atoms with Crippen LogP contribution in [0.2, 0.25) is 0 Å². The molecule has 0 spiro atoms. The Bertz CT molecular complexity index is 568. The van der Waals surface area contributed by atoms with Crippen LogP contribution in [0.4, 0.5) is 11.4 Å². The number of ether oxygens (including phenoxy) is 1. The lowest BCUT2D eigenvalue weighted by Crippen LogP contribution is -1.79. The molecule has 3 nitrogen and oxygen atoms in total. The van der Waals surface area contributed by atoms with E-state index in [1.165, 1.54) is 0 Å². The van der Waals surface area contributed by atoms with Gasteiger partial charge in [0.15, 0.2) is 0 Å². The summed E-state index contributed by atoms with van der Waals surface area (Å²) in [5.41, 5.74) is 1.51. The summed E-state index contributed by atoms with van der Waals surface area (Å²) in [6.07, 6.45) is 0. The van der Waals surface area contributed by atoms with Gasteiger partial charge in [0, 0.05) is 9.79 Å². The monoisotopic (exact) mass is 276 g/mol. The molecule has 0 aliphatic heterocycles. The maximum atomic E-state index is 5.07. The van der Waals surface area contributed by atoms with Crippen molar-refractivity contribution in [3.05, 3.63) is 42.5 Å². The third kappa shape index (κ3) is 3.27. The molecule has 2 aromatic carbocycles. The fourth-order valence-electron chi connectivity index (χ4n) is 1.34. The fraction of sp³-hybridized carbons (Fsp3) is 0.0769. The minimum absolute atomic E-state index is 0.744. The Labute approximate surface area is 117 Å². The average Bonchev–Trinajstić information content (AvgIpc) is 2.41. The summed E-state index contributed by atoms with van der Waals surface area (Å²) in [6.45, 7) is 0. The van der Waals surface area contributed by atoms with E-state index >= 15 is 0 Å². The van der Waals surface area contributed by atoms with Gasteiger partial charge in [-0.3, -0.25) is 0 Å². The molecule has 0 saturated carbocycles. The summed E-state index contributed by atoms with van der Waals surface area (Å²) < 4.78 is 5.07. The van der Waals surface area contributed by atoms with Crippen molar-refractivity contribution < 1.29 is 4.74 Å². The average molecular weight is 276 g/mol. The van der Waals surface area contributed by atoms with Gasteiger partial charge in [-0.15, -0.1) is 25.3 Å². The SMILES string of the molecule is COc1ccc(N=Nc2ccc(S)c(S)c2)cc1. The molecule has 0 atom stereocenters. The van der Waals surface area contributed by atoms with Gasteiger partial charge in [-0.1, -0.05) is 0 Å². The van der Waals surface area contributed by atoms with Crippen molar-refractivity contribution in [1.29, 1.82) is 0 Å². The van der Waals surface area contributed by atoms with E-state index in [-0.39, 0.29) is 0 Å².